The number of nitrogens with zero attached hydrogens (tertiary/aromatic N) is 1. The zero-order chi connectivity index (χ0) is 15.5. The normalized spacial score (nSPS) is 21.3. The second kappa shape index (κ2) is 6.09. The van der Waals surface area contributed by atoms with Crippen molar-refractivity contribution in [3.8, 4) is 5.88 Å². The Morgan fingerprint density at radius 3 is 2.71 bits per heavy atom. The van der Waals surface area contributed by atoms with Crippen molar-refractivity contribution in [1.82, 2.24) is 10.3 Å². The van der Waals surface area contributed by atoms with Crippen LogP contribution in [0.4, 0.5) is 0 Å². The number of aliphatic carboxylic acids is 1. The summed E-state index contributed by atoms with van der Waals surface area (Å²) in [5, 5.41) is 11.8. The van der Waals surface area contributed by atoms with Crippen LogP contribution in [0, 0.1) is 0 Å². The number of aromatic nitrogens is 1. The summed E-state index contributed by atoms with van der Waals surface area (Å²) in [7, 11) is 0. The number of ether oxygens (including phenoxy) is 2. The number of nitrogens with one attached hydrogen (secondary N) is 1. The fraction of sp³-hybridized carbons (Fsp3) is 0.500. The minimum Gasteiger partial charge on any atom is -0.479 e. The Morgan fingerprint density at radius 2 is 2.24 bits per heavy atom. The quantitative estimate of drug-likeness (QED) is 0.835. The van der Waals surface area contributed by atoms with Gasteiger partial charge in [0.2, 0.25) is 5.88 Å². The lowest BCUT2D eigenvalue weighted by atomic mass is 9.98. The van der Waals surface area contributed by atoms with Gasteiger partial charge in [-0.3, -0.25) is 4.79 Å². The molecule has 1 aromatic rings. The van der Waals surface area contributed by atoms with E-state index in [1.54, 1.807) is 12.1 Å². The highest BCUT2D eigenvalue weighted by atomic mass is 16.5. The first-order chi connectivity index (χ1) is 9.93. The van der Waals surface area contributed by atoms with Crippen molar-refractivity contribution in [2.75, 3.05) is 13.2 Å². The lowest BCUT2D eigenvalue weighted by molar-refractivity contribution is -0.144. The lowest BCUT2D eigenvalue weighted by Gasteiger charge is -2.23. The van der Waals surface area contributed by atoms with Crippen molar-refractivity contribution in [3.05, 3.63) is 23.9 Å². The summed E-state index contributed by atoms with van der Waals surface area (Å²) >= 11 is 0. The molecule has 0 spiro atoms. The first-order valence-corrected chi connectivity index (χ1v) is 6.69. The molecule has 7 nitrogen and oxygen atoms in total. The number of carboxylic acid groups (broad SMARTS) is 1. The van der Waals surface area contributed by atoms with E-state index in [-0.39, 0.29) is 24.7 Å². The van der Waals surface area contributed by atoms with Crippen LogP contribution in [0.15, 0.2) is 18.3 Å². The number of rotatable bonds is 5. The Morgan fingerprint density at radius 1 is 1.48 bits per heavy atom. The van der Waals surface area contributed by atoms with Gasteiger partial charge in [-0.25, -0.2) is 9.78 Å². The summed E-state index contributed by atoms with van der Waals surface area (Å²) < 4.78 is 10.5. The highest BCUT2D eigenvalue weighted by molar-refractivity contribution is 5.97. The third kappa shape index (κ3) is 3.49. The molecule has 0 bridgehead atoms. The Labute approximate surface area is 122 Å². The van der Waals surface area contributed by atoms with Crippen molar-refractivity contribution >= 4 is 11.9 Å². The number of pyridine rings is 1. The maximum absolute atomic E-state index is 12.1. The molecular formula is C14H18N2O5. The number of carboxylic acids is 1. The van der Waals surface area contributed by atoms with E-state index < -0.39 is 17.4 Å². The number of carbonyl (C=O) groups is 2. The highest BCUT2D eigenvalue weighted by Crippen LogP contribution is 2.20. The molecule has 1 saturated heterocycles. The lowest BCUT2D eigenvalue weighted by Crippen LogP contribution is -2.55. The molecule has 1 unspecified atom stereocenters. The molecule has 0 saturated carbocycles. The summed E-state index contributed by atoms with van der Waals surface area (Å²) in [5.74, 6) is -1.17. The van der Waals surface area contributed by atoms with Crippen molar-refractivity contribution in [3.63, 3.8) is 0 Å². The van der Waals surface area contributed by atoms with E-state index in [9.17, 15) is 14.7 Å². The second-order valence-corrected chi connectivity index (χ2v) is 5.20. The van der Waals surface area contributed by atoms with E-state index in [1.807, 2.05) is 13.8 Å². The van der Waals surface area contributed by atoms with Crippen LogP contribution < -0.4 is 10.1 Å². The van der Waals surface area contributed by atoms with Crippen molar-refractivity contribution in [2.45, 2.75) is 31.9 Å². The molecular weight excluding hydrogens is 276 g/mol. The maximum Gasteiger partial charge on any atom is 0.331 e. The highest BCUT2D eigenvalue weighted by Gasteiger charge is 2.44. The van der Waals surface area contributed by atoms with Crippen LogP contribution in [0.5, 0.6) is 5.88 Å². The molecule has 0 aromatic carbocycles. The van der Waals surface area contributed by atoms with Crippen LogP contribution in [-0.2, 0) is 9.53 Å². The number of hydrogen-bond donors (Lipinski definition) is 2. The zero-order valence-corrected chi connectivity index (χ0v) is 12.0. The van der Waals surface area contributed by atoms with Crippen LogP contribution in [0.25, 0.3) is 0 Å². The van der Waals surface area contributed by atoms with Crippen LogP contribution in [0.3, 0.4) is 0 Å². The van der Waals surface area contributed by atoms with Gasteiger partial charge in [0, 0.05) is 25.3 Å². The average molecular weight is 294 g/mol. The van der Waals surface area contributed by atoms with Crippen molar-refractivity contribution in [2.24, 2.45) is 0 Å². The molecule has 1 amide bonds. The van der Waals surface area contributed by atoms with E-state index in [4.69, 9.17) is 9.47 Å². The average Bonchev–Trinajstić information content (AvgIpc) is 2.88. The number of hydrogen-bond acceptors (Lipinski definition) is 5. The van der Waals surface area contributed by atoms with Gasteiger partial charge in [-0.05, 0) is 19.9 Å². The third-order valence-electron chi connectivity index (χ3n) is 3.14. The Bertz CT molecular complexity index is 521. The number of amides is 1. The Kier molecular flexibility index (Phi) is 4.42. The summed E-state index contributed by atoms with van der Waals surface area (Å²) in [6.07, 6.45) is 1.59. The molecule has 21 heavy (non-hydrogen) atoms. The van der Waals surface area contributed by atoms with Crippen molar-refractivity contribution < 1.29 is 24.2 Å². The van der Waals surface area contributed by atoms with E-state index in [2.05, 4.69) is 10.3 Å². The van der Waals surface area contributed by atoms with Crippen LogP contribution in [0.2, 0.25) is 0 Å². The summed E-state index contributed by atoms with van der Waals surface area (Å²) in [4.78, 5) is 27.5. The summed E-state index contributed by atoms with van der Waals surface area (Å²) in [6, 6.07) is 3.12. The Balaban J connectivity index is 2.07. The molecule has 1 aromatic heterocycles. The van der Waals surface area contributed by atoms with E-state index in [0.717, 1.165) is 0 Å². The predicted molar refractivity (Wildman–Crippen MR) is 73.3 cm³/mol. The topological polar surface area (TPSA) is 97.8 Å². The molecule has 2 heterocycles. The molecule has 0 aliphatic carbocycles. The molecule has 2 N–H and O–H groups in total. The van der Waals surface area contributed by atoms with Crippen molar-refractivity contribution in [1.29, 1.82) is 0 Å². The minimum absolute atomic E-state index is 0.0110. The van der Waals surface area contributed by atoms with Gasteiger partial charge in [0.1, 0.15) is 0 Å². The van der Waals surface area contributed by atoms with Gasteiger partial charge in [0.05, 0.1) is 18.3 Å². The molecule has 7 heteroatoms. The maximum atomic E-state index is 12.1. The fourth-order valence-electron chi connectivity index (χ4n) is 2.00. The van der Waals surface area contributed by atoms with E-state index >= 15 is 0 Å². The molecule has 1 fully saturated rings. The molecule has 2 rings (SSSR count). The summed E-state index contributed by atoms with van der Waals surface area (Å²) in [6.45, 7) is 4.03. The predicted octanol–water partition coefficient (Wildman–Crippen LogP) is 0.842. The zero-order valence-electron chi connectivity index (χ0n) is 12.0. The molecule has 1 aliphatic rings. The van der Waals surface area contributed by atoms with Gasteiger partial charge in [0.15, 0.2) is 5.54 Å². The SMILES string of the molecule is CC(C)Oc1ccc(C(=O)NC2(C(=O)O)CCOC2)cn1. The first-order valence-electron chi connectivity index (χ1n) is 6.69. The molecule has 0 radical (unpaired) electrons. The van der Waals surface area contributed by atoms with Gasteiger partial charge in [0.25, 0.3) is 5.91 Å². The van der Waals surface area contributed by atoms with Crippen LogP contribution >= 0.6 is 0 Å². The minimum atomic E-state index is -1.36. The van der Waals surface area contributed by atoms with E-state index in [1.165, 1.54) is 6.20 Å². The summed E-state index contributed by atoms with van der Waals surface area (Å²) in [5.41, 5.74) is -1.08. The van der Waals surface area contributed by atoms with Gasteiger partial charge < -0.3 is 19.9 Å². The molecule has 1 aliphatic heterocycles. The monoisotopic (exact) mass is 294 g/mol. The smallest absolute Gasteiger partial charge is 0.331 e. The molecule has 114 valence electrons. The second-order valence-electron chi connectivity index (χ2n) is 5.20. The Hall–Kier alpha value is -2.15. The largest absolute Gasteiger partial charge is 0.479 e. The van der Waals surface area contributed by atoms with Gasteiger partial charge in [-0.1, -0.05) is 0 Å². The first kappa shape index (κ1) is 15.2. The van der Waals surface area contributed by atoms with Gasteiger partial charge in [-0.2, -0.15) is 0 Å². The van der Waals surface area contributed by atoms with Gasteiger partial charge in [-0.15, -0.1) is 0 Å². The van der Waals surface area contributed by atoms with E-state index in [0.29, 0.717) is 12.5 Å². The van der Waals surface area contributed by atoms with Gasteiger partial charge >= 0.3 is 5.97 Å². The fourth-order valence-corrected chi connectivity index (χ4v) is 2.00. The molecule has 1 atom stereocenters. The third-order valence-corrected chi connectivity index (χ3v) is 3.14. The van der Waals surface area contributed by atoms with Crippen LogP contribution in [-0.4, -0.2) is 46.8 Å². The standard InChI is InChI=1S/C14H18N2O5/c1-9(2)21-11-4-3-10(7-15-11)12(17)16-14(13(18)19)5-6-20-8-14/h3-4,7,9H,5-6,8H2,1-2H3,(H,16,17)(H,18,19). The number of carbonyl (C=O) groups excluding carboxylic acids is 1. The van der Waals surface area contributed by atoms with Crippen LogP contribution in [0.1, 0.15) is 30.6 Å².